The van der Waals surface area contributed by atoms with Gasteiger partial charge in [0, 0.05) is 26.8 Å². The Morgan fingerprint density at radius 3 is 2.62 bits per heavy atom. The molecule has 1 amide bonds. The molecule has 0 saturated carbocycles. The fraction of sp³-hybridized carbons (Fsp3) is 0.889. The van der Waals surface area contributed by atoms with E-state index in [0.29, 0.717) is 5.92 Å². The summed E-state index contributed by atoms with van der Waals surface area (Å²) in [6.07, 6.45) is 3.21. The number of hydrogen-bond donors (Lipinski definition) is 0. The largest absolute Gasteiger partial charge is 0.385 e. The molecule has 0 unspecified atom stereocenters. The molecule has 1 heterocycles. The molecular weight excluding hydrogens is 190 g/mol. The average Bonchev–Trinajstić information content (AvgIpc) is 2.15. The highest BCUT2D eigenvalue weighted by atomic mass is 35.5. The fourth-order valence-electron chi connectivity index (χ4n) is 1.68. The summed E-state index contributed by atoms with van der Waals surface area (Å²) < 4.78 is 5.01. The Labute approximate surface area is 84.0 Å². The van der Waals surface area contributed by atoms with Gasteiger partial charge in [0.15, 0.2) is 0 Å². The van der Waals surface area contributed by atoms with Crippen LogP contribution in [-0.2, 0) is 4.74 Å². The smallest absolute Gasteiger partial charge is 0.316 e. The standard InChI is InChI=1S/C9H16ClNO2/c1-13-7-4-8-2-5-11(6-3-8)9(10)12/h8H,2-7H2,1H3. The first-order chi connectivity index (χ1) is 6.24. The van der Waals surface area contributed by atoms with Crippen molar-refractivity contribution in [2.24, 2.45) is 5.92 Å². The zero-order valence-electron chi connectivity index (χ0n) is 7.96. The fourth-order valence-corrected chi connectivity index (χ4v) is 1.85. The Kier molecular flexibility index (Phi) is 4.53. The predicted octanol–water partition coefficient (Wildman–Crippen LogP) is 2.09. The molecule has 0 aliphatic carbocycles. The van der Waals surface area contributed by atoms with Crippen molar-refractivity contribution in [1.29, 1.82) is 0 Å². The number of amides is 1. The molecule has 0 aromatic rings. The van der Waals surface area contributed by atoms with Crippen LogP contribution in [0.5, 0.6) is 0 Å². The second-order valence-corrected chi connectivity index (χ2v) is 3.79. The lowest BCUT2D eigenvalue weighted by Crippen LogP contribution is -2.35. The van der Waals surface area contributed by atoms with Crippen molar-refractivity contribution >= 4 is 17.0 Å². The third kappa shape index (κ3) is 3.53. The van der Waals surface area contributed by atoms with Gasteiger partial charge in [-0.2, -0.15) is 0 Å². The summed E-state index contributed by atoms with van der Waals surface area (Å²) in [7, 11) is 1.72. The van der Waals surface area contributed by atoms with Gasteiger partial charge in [0.25, 0.3) is 0 Å². The van der Waals surface area contributed by atoms with E-state index in [9.17, 15) is 4.79 Å². The molecule has 13 heavy (non-hydrogen) atoms. The molecule has 4 heteroatoms. The Morgan fingerprint density at radius 1 is 1.54 bits per heavy atom. The first-order valence-corrected chi connectivity index (χ1v) is 5.05. The first kappa shape index (κ1) is 10.8. The van der Waals surface area contributed by atoms with Crippen LogP contribution >= 0.6 is 11.6 Å². The summed E-state index contributed by atoms with van der Waals surface area (Å²) in [5.74, 6) is 0.701. The molecule has 0 spiro atoms. The van der Waals surface area contributed by atoms with Crippen molar-refractivity contribution in [2.75, 3.05) is 26.8 Å². The quantitative estimate of drug-likeness (QED) is 0.522. The molecule has 76 valence electrons. The highest BCUT2D eigenvalue weighted by Gasteiger charge is 2.20. The van der Waals surface area contributed by atoms with E-state index in [1.165, 1.54) is 0 Å². The molecular formula is C9H16ClNO2. The summed E-state index contributed by atoms with van der Waals surface area (Å²) in [5.41, 5.74) is 0. The van der Waals surface area contributed by atoms with Gasteiger partial charge in [0.05, 0.1) is 0 Å². The lowest BCUT2D eigenvalue weighted by molar-refractivity contribution is 0.147. The van der Waals surface area contributed by atoms with Crippen LogP contribution < -0.4 is 0 Å². The van der Waals surface area contributed by atoms with Crippen molar-refractivity contribution < 1.29 is 9.53 Å². The van der Waals surface area contributed by atoms with Gasteiger partial charge < -0.3 is 9.64 Å². The topological polar surface area (TPSA) is 29.5 Å². The lowest BCUT2D eigenvalue weighted by Gasteiger charge is -2.30. The molecule has 1 fully saturated rings. The third-order valence-corrected chi connectivity index (χ3v) is 2.83. The Balaban J connectivity index is 2.18. The molecule has 0 radical (unpaired) electrons. The minimum Gasteiger partial charge on any atom is -0.385 e. The molecule has 0 atom stereocenters. The maximum Gasteiger partial charge on any atom is 0.316 e. The van der Waals surface area contributed by atoms with Crippen LogP contribution in [0.25, 0.3) is 0 Å². The van der Waals surface area contributed by atoms with Gasteiger partial charge in [-0.1, -0.05) is 0 Å². The number of ether oxygens (including phenoxy) is 1. The van der Waals surface area contributed by atoms with Gasteiger partial charge >= 0.3 is 5.37 Å². The van der Waals surface area contributed by atoms with Crippen molar-refractivity contribution in [1.82, 2.24) is 4.90 Å². The van der Waals surface area contributed by atoms with E-state index in [1.54, 1.807) is 12.0 Å². The van der Waals surface area contributed by atoms with Crippen LogP contribution in [0.15, 0.2) is 0 Å². The van der Waals surface area contributed by atoms with E-state index in [1.807, 2.05) is 0 Å². The molecule has 0 bridgehead atoms. The number of carbonyl (C=O) groups excluding carboxylic acids is 1. The normalized spacial score (nSPS) is 19.1. The molecule has 3 nitrogen and oxygen atoms in total. The second kappa shape index (κ2) is 5.45. The van der Waals surface area contributed by atoms with Crippen molar-refractivity contribution in [3.05, 3.63) is 0 Å². The zero-order chi connectivity index (χ0) is 9.68. The van der Waals surface area contributed by atoms with E-state index in [2.05, 4.69) is 0 Å². The summed E-state index contributed by atoms with van der Waals surface area (Å²) in [6.45, 7) is 2.42. The van der Waals surface area contributed by atoms with Gasteiger partial charge in [-0.05, 0) is 36.8 Å². The van der Waals surface area contributed by atoms with Crippen molar-refractivity contribution in [2.45, 2.75) is 19.3 Å². The molecule has 0 aromatic heterocycles. The maximum absolute atomic E-state index is 10.8. The number of nitrogens with zero attached hydrogens (tertiary/aromatic N) is 1. The SMILES string of the molecule is COCCC1CCN(C(=O)Cl)CC1. The summed E-state index contributed by atoms with van der Waals surface area (Å²) >= 11 is 5.37. The Morgan fingerprint density at radius 2 is 2.15 bits per heavy atom. The van der Waals surface area contributed by atoms with Crippen LogP contribution in [0, 0.1) is 5.92 Å². The van der Waals surface area contributed by atoms with Gasteiger partial charge in [-0.15, -0.1) is 0 Å². The molecule has 0 aromatic carbocycles. The van der Waals surface area contributed by atoms with E-state index in [-0.39, 0.29) is 5.37 Å². The summed E-state index contributed by atoms with van der Waals surface area (Å²) in [5, 5.41) is -0.315. The Hall–Kier alpha value is -0.280. The number of hydrogen-bond acceptors (Lipinski definition) is 2. The summed E-state index contributed by atoms with van der Waals surface area (Å²) in [4.78, 5) is 12.5. The maximum atomic E-state index is 10.8. The lowest BCUT2D eigenvalue weighted by atomic mass is 9.94. The number of likely N-dealkylation sites (tertiary alicyclic amines) is 1. The van der Waals surface area contributed by atoms with Crippen LogP contribution in [-0.4, -0.2) is 37.1 Å². The molecule has 1 aliphatic heterocycles. The Bertz CT molecular complexity index is 167. The molecule has 1 aliphatic rings. The number of carbonyl (C=O) groups is 1. The van der Waals surface area contributed by atoms with Crippen LogP contribution in [0.1, 0.15) is 19.3 Å². The van der Waals surface area contributed by atoms with Gasteiger partial charge in [0.2, 0.25) is 0 Å². The number of piperidine rings is 1. The van der Waals surface area contributed by atoms with Gasteiger partial charge in [0.1, 0.15) is 0 Å². The van der Waals surface area contributed by atoms with Gasteiger partial charge in [-0.3, -0.25) is 4.79 Å². The van der Waals surface area contributed by atoms with Gasteiger partial charge in [-0.25, -0.2) is 0 Å². The summed E-state index contributed by atoms with van der Waals surface area (Å²) in [6, 6.07) is 0. The van der Waals surface area contributed by atoms with E-state index >= 15 is 0 Å². The third-order valence-electron chi connectivity index (χ3n) is 2.59. The van der Waals surface area contributed by atoms with Crippen molar-refractivity contribution in [3.8, 4) is 0 Å². The number of halogens is 1. The van der Waals surface area contributed by atoms with Crippen molar-refractivity contribution in [3.63, 3.8) is 0 Å². The second-order valence-electron chi connectivity index (χ2n) is 3.46. The molecule has 0 N–H and O–H groups in total. The van der Waals surface area contributed by atoms with Crippen LogP contribution in [0.3, 0.4) is 0 Å². The minimum atomic E-state index is -0.315. The van der Waals surface area contributed by atoms with Crippen LogP contribution in [0.4, 0.5) is 4.79 Å². The van der Waals surface area contributed by atoms with Crippen LogP contribution in [0.2, 0.25) is 0 Å². The number of rotatable bonds is 3. The van der Waals surface area contributed by atoms with E-state index in [4.69, 9.17) is 16.3 Å². The van der Waals surface area contributed by atoms with E-state index < -0.39 is 0 Å². The van der Waals surface area contributed by atoms with E-state index in [0.717, 1.165) is 39.0 Å². The predicted molar refractivity (Wildman–Crippen MR) is 52.0 cm³/mol. The molecule has 1 rings (SSSR count). The highest BCUT2D eigenvalue weighted by molar-refractivity contribution is 6.62. The first-order valence-electron chi connectivity index (χ1n) is 4.67. The number of methoxy groups -OCH3 is 1. The zero-order valence-corrected chi connectivity index (χ0v) is 8.72. The monoisotopic (exact) mass is 205 g/mol. The minimum absolute atomic E-state index is 0.315. The molecule has 1 saturated heterocycles. The average molecular weight is 206 g/mol. The highest BCUT2D eigenvalue weighted by Crippen LogP contribution is 2.20.